The van der Waals surface area contributed by atoms with Gasteiger partial charge in [0.15, 0.2) is 9.84 Å². The van der Waals surface area contributed by atoms with E-state index in [4.69, 9.17) is 4.42 Å². The van der Waals surface area contributed by atoms with Gasteiger partial charge >= 0.3 is 0 Å². The molecule has 0 spiro atoms. The second kappa shape index (κ2) is 8.43. The van der Waals surface area contributed by atoms with Crippen LogP contribution in [-0.2, 0) is 21.1 Å². The molecule has 1 aliphatic heterocycles. The maximum Gasteiger partial charge on any atom is 0.277 e. The number of carbonyl (C=O) groups is 1. The van der Waals surface area contributed by atoms with Crippen molar-refractivity contribution in [3.05, 3.63) is 35.7 Å². The first-order valence-corrected chi connectivity index (χ1v) is 11.7. The zero-order valence-electron chi connectivity index (χ0n) is 15.4. The van der Waals surface area contributed by atoms with E-state index in [0.717, 1.165) is 11.3 Å². The molecule has 2 heterocycles. The molecule has 1 aliphatic rings. The van der Waals surface area contributed by atoms with E-state index < -0.39 is 9.84 Å². The van der Waals surface area contributed by atoms with E-state index in [0.29, 0.717) is 30.5 Å². The quantitative estimate of drug-likeness (QED) is 0.649. The summed E-state index contributed by atoms with van der Waals surface area (Å²) in [6, 6.07) is 7.77. The van der Waals surface area contributed by atoms with Crippen LogP contribution in [0.25, 0.3) is 0 Å². The van der Waals surface area contributed by atoms with Gasteiger partial charge in [-0.3, -0.25) is 4.79 Å². The van der Waals surface area contributed by atoms with Crippen molar-refractivity contribution >= 4 is 33.2 Å². The number of thioether (sulfide) groups is 1. The van der Waals surface area contributed by atoms with Crippen LogP contribution >= 0.6 is 11.8 Å². The van der Waals surface area contributed by atoms with Crippen LogP contribution in [0.5, 0.6) is 0 Å². The lowest BCUT2D eigenvalue weighted by atomic mass is 10.1. The van der Waals surface area contributed by atoms with Crippen LogP contribution in [0.4, 0.5) is 5.69 Å². The molecule has 1 amide bonds. The van der Waals surface area contributed by atoms with Gasteiger partial charge in [0.2, 0.25) is 11.8 Å². The van der Waals surface area contributed by atoms with Gasteiger partial charge in [0, 0.05) is 18.7 Å². The summed E-state index contributed by atoms with van der Waals surface area (Å²) in [7, 11) is -2.92. The summed E-state index contributed by atoms with van der Waals surface area (Å²) < 4.78 is 28.7. The third kappa shape index (κ3) is 5.10. The van der Waals surface area contributed by atoms with Crippen LogP contribution in [0.2, 0.25) is 0 Å². The SMILES string of the molecule is CCN(C(=O)CSc1nnc(CC2CCS(=O)(=O)C2)o1)c1ccccc1C. The monoisotopic (exact) mass is 409 g/mol. The number of aromatic nitrogens is 2. The van der Waals surface area contributed by atoms with E-state index in [9.17, 15) is 13.2 Å². The van der Waals surface area contributed by atoms with Crippen molar-refractivity contribution in [1.82, 2.24) is 10.2 Å². The number of hydrogen-bond acceptors (Lipinski definition) is 7. The van der Waals surface area contributed by atoms with E-state index in [2.05, 4.69) is 10.2 Å². The van der Waals surface area contributed by atoms with Crippen molar-refractivity contribution in [1.29, 1.82) is 0 Å². The van der Waals surface area contributed by atoms with Crippen LogP contribution in [0.1, 0.15) is 24.8 Å². The number of hydrogen-bond donors (Lipinski definition) is 0. The van der Waals surface area contributed by atoms with Crippen LogP contribution < -0.4 is 4.90 Å². The smallest absolute Gasteiger partial charge is 0.277 e. The van der Waals surface area contributed by atoms with E-state index >= 15 is 0 Å². The standard InChI is InChI=1S/C18H23N3O4S2/c1-3-21(15-7-5-4-6-13(15)2)17(22)11-26-18-20-19-16(25-18)10-14-8-9-27(23,24)12-14/h4-7,14H,3,8-12H2,1-2H3. The highest BCUT2D eigenvalue weighted by Gasteiger charge is 2.29. The third-order valence-corrected chi connectivity index (χ3v) is 7.22. The van der Waals surface area contributed by atoms with Gasteiger partial charge in [0.25, 0.3) is 5.22 Å². The lowest BCUT2D eigenvalue weighted by Crippen LogP contribution is -2.32. The largest absolute Gasteiger partial charge is 0.416 e. The van der Waals surface area contributed by atoms with Gasteiger partial charge in [-0.05, 0) is 37.8 Å². The molecular formula is C18H23N3O4S2. The molecule has 3 rings (SSSR count). The Morgan fingerprint density at radius 1 is 1.33 bits per heavy atom. The van der Waals surface area contributed by atoms with Crippen LogP contribution in [0, 0.1) is 12.8 Å². The summed E-state index contributed by atoms with van der Waals surface area (Å²) in [6.07, 6.45) is 1.10. The van der Waals surface area contributed by atoms with Gasteiger partial charge in [-0.15, -0.1) is 10.2 Å². The molecule has 1 fully saturated rings. The second-order valence-corrected chi connectivity index (χ2v) is 9.80. The first-order valence-electron chi connectivity index (χ1n) is 8.89. The van der Waals surface area contributed by atoms with Crippen molar-refractivity contribution in [2.75, 3.05) is 28.7 Å². The first kappa shape index (κ1) is 19.9. The molecule has 0 radical (unpaired) electrons. The Morgan fingerprint density at radius 2 is 2.11 bits per heavy atom. The lowest BCUT2D eigenvalue weighted by molar-refractivity contribution is -0.116. The number of sulfone groups is 1. The van der Waals surface area contributed by atoms with Gasteiger partial charge in [-0.25, -0.2) is 8.42 Å². The fraction of sp³-hybridized carbons (Fsp3) is 0.500. The molecule has 0 bridgehead atoms. The number of carbonyl (C=O) groups excluding carboxylic acids is 1. The minimum Gasteiger partial charge on any atom is -0.416 e. The highest BCUT2D eigenvalue weighted by Crippen LogP contribution is 2.25. The van der Waals surface area contributed by atoms with Crippen molar-refractivity contribution in [2.45, 2.75) is 31.9 Å². The summed E-state index contributed by atoms with van der Waals surface area (Å²) >= 11 is 1.20. The van der Waals surface area contributed by atoms with Crippen molar-refractivity contribution < 1.29 is 17.6 Å². The molecule has 1 aromatic carbocycles. The Bertz CT molecular complexity index is 911. The Morgan fingerprint density at radius 3 is 2.78 bits per heavy atom. The number of aryl methyl sites for hydroxylation is 1. The molecule has 0 aliphatic carbocycles. The van der Waals surface area contributed by atoms with Gasteiger partial charge in [-0.1, -0.05) is 30.0 Å². The molecule has 27 heavy (non-hydrogen) atoms. The van der Waals surface area contributed by atoms with Gasteiger partial charge < -0.3 is 9.32 Å². The predicted molar refractivity (Wildman–Crippen MR) is 105 cm³/mol. The molecule has 7 nitrogen and oxygen atoms in total. The fourth-order valence-electron chi connectivity index (χ4n) is 3.21. The zero-order chi connectivity index (χ0) is 19.4. The molecule has 0 N–H and O–H groups in total. The number of nitrogens with zero attached hydrogens (tertiary/aromatic N) is 3. The highest BCUT2D eigenvalue weighted by molar-refractivity contribution is 7.99. The first-order chi connectivity index (χ1) is 12.9. The fourth-order valence-corrected chi connectivity index (χ4v) is 5.73. The highest BCUT2D eigenvalue weighted by atomic mass is 32.2. The molecule has 2 aromatic rings. The van der Waals surface area contributed by atoms with Gasteiger partial charge in [0.05, 0.1) is 17.3 Å². The number of para-hydroxylation sites is 1. The summed E-state index contributed by atoms with van der Waals surface area (Å²) in [4.78, 5) is 14.3. The Hall–Kier alpha value is -1.87. The number of rotatable bonds is 7. The van der Waals surface area contributed by atoms with Crippen LogP contribution in [0.3, 0.4) is 0 Å². The van der Waals surface area contributed by atoms with Crippen molar-refractivity contribution in [2.24, 2.45) is 5.92 Å². The number of amides is 1. The average molecular weight is 410 g/mol. The minimum atomic E-state index is -2.92. The van der Waals surface area contributed by atoms with E-state index in [-0.39, 0.29) is 29.1 Å². The van der Waals surface area contributed by atoms with Gasteiger partial charge in [-0.2, -0.15) is 0 Å². The maximum atomic E-state index is 12.6. The van der Waals surface area contributed by atoms with Crippen molar-refractivity contribution in [3.8, 4) is 0 Å². The Balaban J connectivity index is 1.56. The Labute approximate surface area is 163 Å². The Kier molecular flexibility index (Phi) is 6.21. The molecule has 1 saturated heterocycles. The van der Waals surface area contributed by atoms with E-state index in [1.807, 2.05) is 38.1 Å². The van der Waals surface area contributed by atoms with Crippen LogP contribution in [0.15, 0.2) is 33.9 Å². The molecule has 1 aromatic heterocycles. The van der Waals surface area contributed by atoms with Crippen LogP contribution in [-0.4, -0.2) is 48.3 Å². The van der Waals surface area contributed by atoms with E-state index in [1.54, 1.807) is 4.90 Å². The third-order valence-electron chi connectivity index (χ3n) is 4.58. The summed E-state index contributed by atoms with van der Waals surface area (Å²) in [6.45, 7) is 4.50. The molecule has 0 saturated carbocycles. The molecule has 9 heteroatoms. The summed E-state index contributed by atoms with van der Waals surface area (Å²) in [5.41, 5.74) is 1.95. The zero-order valence-corrected chi connectivity index (χ0v) is 17.1. The summed E-state index contributed by atoms with van der Waals surface area (Å²) in [5.74, 6) is 1.04. The minimum absolute atomic E-state index is 0.0292. The normalized spacial score (nSPS) is 18.5. The van der Waals surface area contributed by atoms with Crippen molar-refractivity contribution in [3.63, 3.8) is 0 Å². The number of anilines is 1. The van der Waals surface area contributed by atoms with E-state index in [1.165, 1.54) is 11.8 Å². The second-order valence-electron chi connectivity index (χ2n) is 6.65. The molecule has 1 atom stereocenters. The predicted octanol–water partition coefficient (Wildman–Crippen LogP) is 2.50. The molecule has 146 valence electrons. The molecular weight excluding hydrogens is 386 g/mol. The topological polar surface area (TPSA) is 93.4 Å². The maximum absolute atomic E-state index is 12.6. The average Bonchev–Trinajstić information content (AvgIpc) is 3.21. The number of benzene rings is 1. The molecule has 1 unspecified atom stereocenters. The van der Waals surface area contributed by atoms with Gasteiger partial charge in [0.1, 0.15) is 0 Å². The summed E-state index contributed by atoms with van der Waals surface area (Å²) in [5, 5.41) is 8.29. The lowest BCUT2D eigenvalue weighted by Gasteiger charge is -2.22.